The van der Waals surface area contributed by atoms with Crippen molar-refractivity contribution in [3.05, 3.63) is 52.3 Å². The third-order valence-corrected chi connectivity index (χ3v) is 5.26. The van der Waals surface area contributed by atoms with Crippen LogP contribution in [0.15, 0.2) is 35.3 Å². The smallest absolute Gasteiger partial charge is 0.397 e. The number of rotatable bonds is 4. The van der Waals surface area contributed by atoms with Gasteiger partial charge in [0.05, 0.1) is 25.5 Å². The Kier molecular flexibility index (Phi) is 7.62. The molecule has 2 aliphatic rings. The summed E-state index contributed by atoms with van der Waals surface area (Å²) in [7, 11) is -1.59. The average molecular weight is 449 g/mol. The third-order valence-electron chi connectivity index (χ3n) is 4.21. The minimum Gasteiger partial charge on any atom is -0.426 e. The highest BCUT2D eigenvalue weighted by Gasteiger charge is 2.37. The molecular formula is C17H19F3N3O6P. The van der Waals surface area contributed by atoms with E-state index in [4.69, 9.17) is 24.0 Å². The zero-order valence-electron chi connectivity index (χ0n) is 15.5. The molecule has 4 unspecified atom stereocenters. The quantitative estimate of drug-likeness (QED) is 0.683. The zero-order valence-corrected chi connectivity index (χ0v) is 16.4. The summed E-state index contributed by atoms with van der Waals surface area (Å²) in [6.07, 6.45) is -1.55. The third kappa shape index (κ3) is 5.27. The van der Waals surface area contributed by atoms with Gasteiger partial charge < -0.3 is 20.1 Å². The number of ether oxygens (including phenoxy) is 1. The standard InChI is InChI=1S/C16H17FN3O6P.CH2F2/c17-11-6-20(16(22)19-14(11)18)15-12(21)5-10(25-15)8-24-27-23-7-9-3-1-2-4-13(9)26-27;2-1-3/h1-4,6,10,12,15,21H,5,7-8H2,(H2,18,19,22);1H2. The number of hydrogen-bond donors (Lipinski definition) is 2. The SMILES string of the molecule is FCF.Nc1nc(=O)n(C2OC(COP3OCc4ccccc4O3)CC2O)cc1F. The van der Waals surface area contributed by atoms with Gasteiger partial charge in [0.25, 0.3) is 0 Å². The average Bonchev–Trinajstić information content (AvgIpc) is 3.10. The van der Waals surface area contributed by atoms with E-state index in [1.54, 1.807) is 0 Å². The maximum atomic E-state index is 13.6. The van der Waals surface area contributed by atoms with Crippen molar-refractivity contribution in [2.24, 2.45) is 0 Å². The summed E-state index contributed by atoms with van der Waals surface area (Å²) in [4.78, 5) is 15.3. The first kappa shape index (κ1) is 22.4. The van der Waals surface area contributed by atoms with Crippen LogP contribution in [0, 0.1) is 5.82 Å². The molecule has 164 valence electrons. The van der Waals surface area contributed by atoms with Crippen LogP contribution in [0.4, 0.5) is 19.0 Å². The fraction of sp³-hybridized carbons (Fsp3) is 0.412. The van der Waals surface area contributed by atoms with Crippen molar-refractivity contribution in [3.8, 4) is 5.75 Å². The summed E-state index contributed by atoms with van der Waals surface area (Å²) in [6.45, 7) is -1.29. The molecule has 1 saturated heterocycles. The molecule has 3 heterocycles. The topological polar surface area (TPSA) is 118 Å². The molecule has 4 atom stereocenters. The lowest BCUT2D eigenvalue weighted by Crippen LogP contribution is -2.32. The van der Waals surface area contributed by atoms with Gasteiger partial charge in [-0.2, -0.15) is 4.98 Å². The van der Waals surface area contributed by atoms with Crippen LogP contribution in [0.25, 0.3) is 0 Å². The number of para-hydroxylation sites is 1. The lowest BCUT2D eigenvalue weighted by Gasteiger charge is -2.24. The molecule has 13 heteroatoms. The molecule has 0 spiro atoms. The maximum absolute atomic E-state index is 13.6. The molecule has 1 aromatic carbocycles. The lowest BCUT2D eigenvalue weighted by atomic mass is 10.2. The molecule has 30 heavy (non-hydrogen) atoms. The Morgan fingerprint density at radius 2 is 2.10 bits per heavy atom. The molecule has 3 N–H and O–H groups in total. The monoisotopic (exact) mass is 449 g/mol. The first-order valence-electron chi connectivity index (χ1n) is 8.74. The number of anilines is 1. The molecule has 2 aromatic rings. The maximum Gasteiger partial charge on any atom is 0.397 e. The number of nitrogens with two attached hydrogens (primary N) is 1. The van der Waals surface area contributed by atoms with Gasteiger partial charge >= 0.3 is 14.3 Å². The number of nitrogens with zero attached hydrogens (tertiary/aromatic N) is 2. The summed E-state index contributed by atoms with van der Waals surface area (Å²) in [5, 5.41) is 10.2. The molecule has 1 fully saturated rings. The molecule has 0 bridgehead atoms. The van der Waals surface area contributed by atoms with E-state index in [9.17, 15) is 23.1 Å². The van der Waals surface area contributed by atoms with E-state index in [1.165, 1.54) is 0 Å². The van der Waals surface area contributed by atoms with Crippen molar-refractivity contribution in [2.45, 2.75) is 31.5 Å². The minimum absolute atomic E-state index is 0.0844. The predicted molar refractivity (Wildman–Crippen MR) is 99.2 cm³/mol. The molecule has 0 radical (unpaired) electrons. The highest BCUT2D eigenvalue weighted by Crippen LogP contribution is 2.47. The Hall–Kier alpha value is -2.24. The Morgan fingerprint density at radius 3 is 2.87 bits per heavy atom. The first-order valence-corrected chi connectivity index (χ1v) is 9.84. The number of aliphatic hydroxyl groups excluding tert-OH is 1. The van der Waals surface area contributed by atoms with Crippen molar-refractivity contribution in [1.82, 2.24) is 9.55 Å². The molecule has 0 saturated carbocycles. The van der Waals surface area contributed by atoms with Gasteiger partial charge in [-0.15, -0.1) is 0 Å². The Balaban J connectivity index is 0.000000806. The van der Waals surface area contributed by atoms with Gasteiger partial charge in [-0.3, -0.25) is 13.6 Å². The van der Waals surface area contributed by atoms with Crippen molar-refractivity contribution < 1.29 is 36.6 Å². The van der Waals surface area contributed by atoms with Crippen LogP contribution in [0.2, 0.25) is 0 Å². The van der Waals surface area contributed by atoms with Gasteiger partial charge in [0.1, 0.15) is 11.9 Å². The molecule has 0 amide bonds. The number of fused-ring (bicyclic) bond motifs is 1. The van der Waals surface area contributed by atoms with Gasteiger partial charge in [-0.1, -0.05) is 18.2 Å². The second kappa shape index (κ2) is 10.2. The van der Waals surface area contributed by atoms with E-state index >= 15 is 0 Å². The van der Waals surface area contributed by atoms with Gasteiger partial charge in [-0.05, 0) is 6.07 Å². The number of aliphatic hydroxyl groups is 1. The van der Waals surface area contributed by atoms with Crippen molar-refractivity contribution in [2.75, 3.05) is 19.3 Å². The van der Waals surface area contributed by atoms with Crippen molar-refractivity contribution >= 4 is 14.4 Å². The van der Waals surface area contributed by atoms with Crippen molar-refractivity contribution in [1.29, 1.82) is 0 Å². The highest BCUT2D eigenvalue weighted by atomic mass is 31.2. The fourth-order valence-corrected chi connectivity index (χ4v) is 3.93. The minimum atomic E-state index is -1.75. The van der Waals surface area contributed by atoms with Crippen LogP contribution in [-0.2, 0) is 20.4 Å². The Bertz CT molecular complexity index is 921. The first-order chi connectivity index (χ1) is 14.4. The molecule has 1 aromatic heterocycles. The fourth-order valence-electron chi connectivity index (χ4n) is 2.88. The van der Waals surface area contributed by atoms with E-state index in [0.717, 1.165) is 16.3 Å². The molecule has 0 aliphatic carbocycles. The van der Waals surface area contributed by atoms with Crippen LogP contribution in [0.3, 0.4) is 0 Å². The Labute approximate surface area is 170 Å². The zero-order chi connectivity index (χ0) is 21.7. The summed E-state index contributed by atoms with van der Waals surface area (Å²) in [5.41, 5.74) is 5.39. The summed E-state index contributed by atoms with van der Waals surface area (Å²) < 4.78 is 56.2. The van der Waals surface area contributed by atoms with Gasteiger partial charge in [-0.25, -0.2) is 18.0 Å². The van der Waals surface area contributed by atoms with E-state index in [-0.39, 0.29) is 13.0 Å². The van der Waals surface area contributed by atoms with E-state index < -0.39 is 51.3 Å². The van der Waals surface area contributed by atoms with Crippen LogP contribution < -0.4 is 15.9 Å². The number of hydrogen-bond acceptors (Lipinski definition) is 8. The Morgan fingerprint density at radius 1 is 1.37 bits per heavy atom. The largest absolute Gasteiger partial charge is 0.426 e. The van der Waals surface area contributed by atoms with Crippen molar-refractivity contribution in [3.63, 3.8) is 0 Å². The molecule has 2 aliphatic heterocycles. The molecular weight excluding hydrogens is 430 g/mol. The normalized spacial score (nSPS) is 25.1. The van der Waals surface area contributed by atoms with Gasteiger partial charge in [0.15, 0.2) is 17.9 Å². The van der Waals surface area contributed by atoms with Gasteiger partial charge in [0, 0.05) is 12.0 Å². The number of aromatic nitrogens is 2. The summed E-state index contributed by atoms with van der Waals surface area (Å²) in [5.74, 6) is -0.662. The summed E-state index contributed by atoms with van der Waals surface area (Å²) in [6, 6.07) is 7.49. The summed E-state index contributed by atoms with van der Waals surface area (Å²) >= 11 is 0. The van der Waals surface area contributed by atoms with Crippen LogP contribution in [0.5, 0.6) is 5.75 Å². The van der Waals surface area contributed by atoms with Crippen LogP contribution in [0.1, 0.15) is 18.2 Å². The van der Waals surface area contributed by atoms with Crippen LogP contribution in [-0.4, -0.2) is 40.4 Å². The van der Waals surface area contributed by atoms with E-state index in [2.05, 4.69) is 4.98 Å². The highest BCUT2D eigenvalue weighted by molar-refractivity contribution is 7.42. The van der Waals surface area contributed by atoms with Crippen LogP contribution >= 0.6 is 8.60 Å². The lowest BCUT2D eigenvalue weighted by molar-refractivity contribution is -0.0520. The second-order valence-electron chi connectivity index (χ2n) is 6.21. The second-order valence-corrected chi connectivity index (χ2v) is 7.35. The number of nitrogen functional groups attached to an aromatic ring is 1. The van der Waals surface area contributed by atoms with Gasteiger partial charge in [0.2, 0.25) is 6.93 Å². The van der Waals surface area contributed by atoms with E-state index in [1.807, 2.05) is 24.3 Å². The number of benzene rings is 1. The molecule has 4 rings (SSSR count). The number of alkyl halides is 2. The number of halogens is 3. The predicted octanol–water partition coefficient (Wildman–Crippen LogP) is 2.35. The molecule has 9 nitrogen and oxygen atoms in total. The van der Waals surface area contributed by atoms with E-state index in [0.29, 0.717) is 12.4 Å².